The average molecular weight is 419 g/mol. The van der Waals surface area contributed by atoms with Gasteiger partial charge in [-0.25, -0.2) is 14.5 Å². The Bertz CT molecular complexity index is 968. The highest BCUT2D eigenvalue weighted by Gasteiger charge is 2.17. The molecule has 0 unspecified atom stereocenters. The number of hydrogen-bond acceptors (Lipinski definition) is 4. The van der Waals surface area contributed by atoms with E-state index in [1.54, 1.807) is 9.25 Å². The van der Waals surface area contributed by atoms with Crippen LogP contribution in [-0.2, 0) is 26.4 Å². The number of imidazole rings is 1. The van der Waals surface area contributed by atoms with E-state index in [1.807, 2.05) is 25.4 Å². The Kier molecular flexibility index (Phi) is 5.41. The Balaban J connectivity index is 1.97. The number of pyridine rings is 1. The second-order valence-electron chi connectivity index (χ2n) is 6.80. The maximum absolute atomic E-state index is 12.3. The first kappa shape index (κ1) is 18.6. The van der Waals surface area contributed by atoms with Crippen LogP contribution in [0.2, 0.25) is 0 Å². The number of rotatable bonds is 6. The number of aryl methyl sites for hydroxylation is 2. The third kappa shape index (κ3) is 3.80. The van der Waals surface area contributed by atoms with Gasteiger partial charge in [0, 0.05) is 23.4 Å². The predicted molar refractivity (Wildman–Crippen MR) is 104 cm³/mol. The maximum Gasteiger partial charge on any atom is 0.326 e. The molecule has 3 heterocycles. The van der Waals surface area contributed by atoms with Gasteiger partial charge in [0.2, 0.25) is 0 Å². The molecule has 3 aromatic heterocycles. The molecule has 0 radical (unpaired) electrons. The summed E-state index contributed by atoms with van der Waals surface area (Å²) < 4.78 is 4.35. The molecule has 0 atom stereocenters. The monoisotopic (exact) mass is 418 g/mol. The average Bonchev–Trinajstić information content (AvgIpc) is 3.11. The van der Waals surface area contributed by atoms with Crippen molar-refractivity contribution in [3.8, 4) is 11.4 Å². The lowest BCUT2D eigenvalue weighted by Crippen LogP contribution is -2.18. The van der Waals surface area contributed by atoms with Gasteiger partial charge >= 0.3 is 5.69 Å². The molecule has 1 N–H and O–H groups in total. The summed E-state index contributed by atoms with van der Waals surface area (Å²) in [5, 5.41) is 8.42. The van der Waals surface area contributed by atoms with Crippen LogP contribution in [0.15, 0.2) is 27.6 Å². The number of hydrogen-bond donors (Lipinski definition) is 1. The van der Waals surface area contributed by atoms with Gasteiger partial charge in [0.25, 0.3) is 0 Å². The highest BCUT2D eigenvalue weighted by atomic mass is 79.9. The van der Waals surface area contributed by atoms with E-state index in [9.17, 15) is 4.79 Å². The van der Waals surface area contributed by atoms with Crippen molar-refractivity contribution in [1.29, 1.82) is 0 Å². The van der Waals surface area contributed by atoms with E-state index in [2.05, 4.69) is 57.0 Å². The van der Waals surface area contributed by atoms with Crippen LogP contribution in [0.25, 0.3) is 11.4 Å². The Morgan fingerprint density at radius 2 is 2.08 bits per heavy atom. The van der Waals surface area contributed by atoms with Gasteiger partial charge in [-0.05, 0) is 46.8 Å². The summed E-state index contributed by atoms with van der Waals surface area (Å²) in [6.07, 6.45) is 3.54. The molecule has 3 rings (SSSR count). The zero-order chi connectivity index (χ0) is 18.8. The summed E-state index contributed by atoms with van der Waals surface area (Å²) in [5.74, 6) is 0.481. The van der Waals surface area contributed by atoms with Crippen molar-refractivity contribution in [1.82, 2.24) is 29.5 Å². The van der Waals surface area contributed by atoms with Crippen LogP contribution in [0.1, 0.15) is 37.9 Å². The van der Waals surface area contributed by atoms with E-state index < -0.39 is 0 Å². The molecule has 0 aliphatic heterocycles. The van der Waals surface area contributed by atoms with Crippen molar-refractivity contribution in [3.63, 3.8) is 0 Å². The van der Waals surface area contributed by atoms with E-state index in [1.165, 1.54) is 0 Å². The normalized spacial score (nSPS) is 11.5. The lowest BCUT2D eigenvalue weighted by molar-refractivity contribution is 0.632. The van der Waals surface area contributed by atoms with Crippen LogP contribution in [0, 0.1) is 5.92 Å². The van der Waals surface area contributed by atoms with E-state index >= 15 is 0 Å². The van der Waals surface area contributed by atoms with Crippen molar-refractivity contribution in [2.75, 3.05) is 0 Å². The zero-order valence-electron chi connectivity index (χ0n) is 15.5. The Morgan fingerprint density at radius 1 is 1.31 bits per heavy atom. The second-order valence-corrected chi connectivity index (χ2v) is 7.65. The minimum atomic E-state index is -0.120. The number of halogens is 1. The van der Waals surface area contributed by atoms with E-state index in [0.717, 1.165) is 40.1 Å². The first-order valence-electron chi connectivity index (χ1n) is 8.71. The maximum atomic E-state index is 12.3. The minimum absolute atomic E-state index is 0.120. The molecule has 0 bridgehead atoms. The van der Waals surface area contributed by atoms with E-state index in [-0.39, 0.29) is 5.69 Å². The molecule has 3 aromatic rings. The first-order valence-corrected chi connectivity index (χ1v) is 9.51. The van der Waals surface area contributed by atoms with Crippen LogP contribution in [0.3, 0.4) is 0 Å². The van der Waals surface area contributed by atoms with Crippen LogP contribution in [0.5, 0.6) is 0 Å². The molecule has 7 nitrogen and oxygen atoms in total. The molecule has 0 spiro atoms. The number of aromatic nitrogens is 6. The van der Waals surface area contributed by atoms with E-state index in [4.69, 9.17) is 0 Å². The quantitative estimate of drug-likeness (QED) is 0.666. The van der Waals surface area contributed by atoms with Crippen LogP contribution < -0.4 is 5.69 Å². The fraction of sp³-hybridized carbons (Fsp3) is 0.444. The van der Waals surface area contributed by atoms with Gasteiger partial charge in [-0.15, -0.1) is 5.10 Å². The highest BCUT2D eigenvalue weighted by Crippen LogP contribution is 2.24. The van der Waals surface area contributed by atoms with Gasteiger partial charge in [0.15, 0.2) is 0 Å². The summed E-state index contributed by atoms with van der Waals surface area (Å²) in [5.41, 5.74) is 4.10. The molecule has 0 aliphatic rings. The molecule has 8 heteroatoms. The number of aromatic amines is 1. The summed E-state index contributed by atoms with van der Waals surface area (Å²) >= 11 is 3.52. The summed E-state index contributed by atoms with van der Waals surface area (Å²) in [6.45, 7) is 6.71. The topological polar surface area (TPSA) is 81.4 Å². The van der Waals surface area contributed by atoms with Gasteiger partial charge in [-0.2, -0.15) is 0 Å². The fourth-order valence-corrected chi connectivity index (χ4v) is 3.43. The Morgan fingerprint density at radius 3 is 2.77 bits per heavy atom. The van der Waals surface area contributed by atoms with Crippen LogP contribution >= 0.6 is 15.9 Å². The number of nitrogens with one attached hydrogen (secondary N) is 1. The summed E-state index contributed by atoms with van der Waals surface area (Å²) in [7, 11) is 1.83. The molecular weight excluding hydrogens is 396 g/mol. The largest absolute Gasteiger partial charge is 0.326 e. The number of H-pyrrole nitrogens is 1. The van der Waals surface area contributed by atoms with Crippen molar-refractivity contribution >= 4 is 15.9 Å². The molecule has 0 fully saturated rings. The molecule has 0 aliphatic carbocycles. The standard InChI is InChI=1S/C18H23BrN6O/c1-5-14-13(19)6-7-15(21-14)17-16(24(4)23-22-17)10-25-9-12(8-11(2)3)20-18(25)26/h6-7,9,11H,5,8,10H2,1-4H3,(H,20,26). The number of nitrogens with zero attached hydrogens (tertiary/aromatic N) is 5. The second kappa shape index (κ2) is 7.57. The SMILES string of the molecule is CCc1nc(-c2nnn(C)c2Cn2cc(CC(C)C)[nH]c2=O)ccc1Br. The predicted octanol–water partition coefficient (Wildman–Crippen LogP) is 2.94. The molecule has 0 saturated carbocycles. The molecule has 0 saturated heterocycles. The van der Waals surface area contributed by atoms with Gasteiger partial charge in [0.1, 0.15) is 5.69 Å². The van der Waals surface area contributed by atoms with Crippen molar-refractivity contribution in [2.24, 2.45) is 13.0 Å². The third-order valence-electron chi connectivity index (χ3n) is 4.23. The summed E-state index contributed by atoms with van der Waals surface area (Å²) in [4.78, 5) is 19.9. The van der Waals surface area contributed by atoms with Crippen molar-refractivity contribution < 1.29 is 0 Å². The smallest absolute Gasteiger partial charge is 0.310 e. The summed E-state index contributed by atoms with van der Waals surface area (Å²) in [6, 6.07) is 3.89. The molecule has 0 amide bonds. The minimum Gasteiger partial charge on any atom is -0.310 e. The van der Waals surface area contributed by atoms with Crippen LogP contribution in [-0.4, -0.2) is 29.5 Å². The van der Waals surface area contributed by atoms with E-state index in [0.29, 0.717) is 18.2 Å². The van der Waals surface area contributed by atoms with Gasteiger partial charge in [-0.3, -0.25) is 4.57 Å². The third-order valence-corrected chi connectivity index (χ3v) is 4.95. The van der Waals surface area contributed by atoms with Gasteiger partial charge < -0.3 is 4.98 Å². The van der Waals surface area contributed by atoms with Crippen molar-refractivity contribution in [3.05, 3.63) is 50.4 Å². The first-order chi connectivity index (χ1) is 12.4. The zero-order valence-corrected chi connectivity index (χ0v) is 17.0. The fourth-order valence-electron chi connectivity index (χ4n) is 2.93. The molecule has 138 valence electrons. The van der Waals surface area contributed by atoms with Gasteiger partial charge in [0.05, 0.1) is 23.6 Å². The molecule has 0 aromatic carbocycles. The lowest BCUT2D eigenvalue weighted by atomic mass is 10.1. The highest BCUT2D eigenvalue weighted by molar-refractivity contribution is 9.10. The van der Waals surface area contributed by atoms with Crippen molar-refractivity contribution in [2.45, 2.75) is 40.2 Å². The Hall–Kier alpha value is -2.22. The van der Waals surface area contributed by atoms with Gasteiger partial charge in [-0.1, -0.05) is 26.0 Å². The lowest BCUT2D eigenvalue weighted by Gasteiger charge is -2.07. The molecule has 26 heavy (non-hydrogen) atoms. The van der Waals surface area contributed by atoms with Crippen LogP contribution in [0.4, 0.5) is 0 Å². The molecular formula is C18H23BrN6O. The Labute approximate surface area is 160 Å².